The lowest BCUT2D eigenvalue weighted by atomic mass is 10.2. The first-order chi connectivity index (χ1) is 7.99. The number of hydrogen-bond acceptors (Lipinski definition) is 2. The topological polar surface area (TPSA) is 78.4 Å². The smallest absolute Gasteiger partial charge is 0.319 e. The van der Waals surface area contributed by atoms with Crippen LogP contribution in [-0.2, 0) is 4.79 Å². The molecular formula is C11H13FN2O3. The zero-order chi connectivity index (χ0) is 12.8. The molecule has 5 nitrogen and oxygen atoms in total. The Bertz CT molecular complexity index is 435. The number of urea groups is 1. The maximum absolute atomic E-state index is 12.9. The Labute approximate surface area is 97.6 Å². The van der Waals surface area contributed by atoms with Crippen LogP contribution in [0, 0.1) is 12.7 Å². The molecule has 3 N–H and O–H groups in total. The van der Waals surface area contributed by atoms with Crippen molar-refractivity contribution in [2.45, 2.75) is 13.3 Å². The lowest BCUT2D eigenvalue weighted by molar-refractivity contribution is -0.136. The summed E-state index contributed by atoms with van der Waals surface area (Å²) in [6.07, 6.45) is -0.157. The van der Waals surface area contributed by atoms with E-state index in [4.69, 9.17) is 5.11 Å². The van der Waals surface area contributed by atoms with Crippen molar-refractivity contribution < 1.29 is 19.1 Å². The van der Waals surface area contributed by atoms with E-state index in [1.165, 1.54) is 12.1 Å². The summed E-state index contributed by atoms with van der Waals surface area (Å²) in [5.41, 5.74) is 1.08. The molecule has 1 rings (SSSR count). The summed E-state index contributed by atoms with van der Waals surface area (Å²) in [6, 6.07) is 3.48. The van der Waals surface area contributed by atoms with Crippen molar-refractivity contribution in [3.63, 3.8) is 0 Å². The summed E-state index contributed by atoms with van der Waals surface area (Å²) in [4.78, 5) is 21.5. The molecule has 0 heterocycles. The van der Waals surface area contributed by atoms with Gasteiger partial charge in [-0.1, -0.05) is 6.07 Å². The molecule has 0 saturated heterocycles. The van der Waals surface area contributed by atoms with Gasteiger partial charge in [0.1, 0.15) is 5.82 Å². The molecule has 0 aliphatic heterocycles. The molecule has 0 atom stereocenters. The third-order valence-corrected chi connectivity index (χ3v) is 2.07. The highest BCUT2D eigenvalue weighted by Crippen LogP contribution is 2.15. The average molecular weight is 240 g/mol. The van der Waals surface area contributed by atoms with E-state index in [-0.39, 0.29) is 13.0 Å². The first kappa shape index (κ1) is 13.0. The van der Waals surface area contributed by atoms with Crippen LogP contribution in [0.4, 0.5) is 14.9 Å². The number of amides is 2. The fourth-order valence-corrected chi connectivity index (χ4v) is 1.18. The molecule has 0 unspecified atom stereocenters. The van der Waals surface area contributed by atoms with Gasteiger partial charge in [-0.2, -0.15) is 0 Å². The quantitative estimate of drug-likeness (QED) is 0.749. The Morgan fingerprint density at radius 3 is 2.76 bits per heavy atom. The minimum Gasteiger partial charge on any atom is -0.481 e. The minimum absolute atomic E-state index is 0.0233. The standard InChI is InChI=1S/C11H13FN2O3/c1-7-2-3-8(12)6-9(7)14-11(17)13-5-4-10(15)16/h2-3,6H,4-5H2,1H3,(H,15,16)(H2,13,14,17). The van der Waals surface area contributed by atoms with Gasteiger partial charge in [0.05, 0.1) is 6.42 Å². The highest BCUT2D eigenvalue weighted by atomic mass is 19.1. The van der Waals surface area contributed by atoms with Gasteiger partial charge in [0.25, 0.3) is 0 Å². The molecule has 1 aromatic rings. The van der Waals surface area contributed by atoms with E-state index < -0.39 is 17.8 Å². The van der Waals surface area contributed by atoms with E-state index in [1.807, 2.05) is 0 Å². The summed E-state index contributed by atoms with van der Waals surface area (Å²) >= 11 is 0. The first-order valence-electron chi connectivity index (χ1n) is 5.02. The van der Waals surface area contributed by atoms with Crippen LogP contribution in [0.3, 0.4) is 0 Å². The number of carbonyl (C=O) groups excluding carboxylic acids is 1. The van der Waals surface area contributed by atoms with Crippen molar-refractivity contribution >= 4 is 17.7 Å². The number of anilines is 1. The zero-order valence-corrected chi connectivity index (χ0v) is 9.29. The summed E-state index contributed by atoms with van der Waals surface area (Å²) in [5, 5.41) is 13.2. The third kappa shape index (κ3) is 4.50. The molecule has 0 radical (unpaired) electrons. The molecule has 92 valence electrons. The van der Waals surface area contributed by atoms with Crippen LogP contribution in [0.1, 0.15) is 12.0 Å². The number of aryl methyl sites for hydroxylation is 1. The van der Waals surface area contributed by atoms with Gasteiger partial charge in [0.15, 0.2) is 0 Å². The summed E-state index contributed by atoms with van der Waals surface area (Å²) in [5.74, 6) is -1.44. The van der Waals surface area contributed by atoms with Crippen LogP contribution in [0.2, 0.25) is 0 Å². The Balaban J connectivity index is 2.50. The SMILES string of the molecule is Cc1ccc(F)cc1NC(=O)NCCC(=O)O. The largest absolute Gasteiger partial charge is 0.481 e. The number of aliphatic carboxylic acids is 1. The van der Waals surface area contributed by atoms with Crippen LogP contribution < -0.4 is 10.6 Å². The molecule has 0 spiro atoms. The molecule has 6 heteroatoms. The number of rotatable bonds is 4. The van der Waals surface area contributed by atoms with Crippen molar-refractivity contribution in [1.29, 1.82) is 0 Å². The van der Waals surface area contributed by atoms with Gasteiger partial charge in [0, 0.05) is 12.2 Å². The predicted octanol–water partition coefficient (Wildman–Crippen LogP) is 1.73. The second kappa shape index (κ2) is 5.83. The number of carboxylic acids is 1. The van der Waals surface area contributed by atoms with Gasteiger partial charge >= 0.3 is 12.0 Å². The number of benzene rings is 1. The number of carboxylic acid groups (broad SMARTS) is 1. The molecule has 0 aliphatic rings. The number of hydrogen-bond donors (Lipinski definition) is 3. The van der Waals surface area contributed by atoms with E-state index in [9.17, 15) is 14.0 Å². The van der Waals surface area contributed by atoms with Gasteiger partial charge in [-0.25, -0.2) is 9.18 Å². The first-order valence-corrected chi connectivity index (χ1v) is 5.02. The summed E-state index contributed by atoms with van der Waals surface area (Å²) in [7, 11) is 0. The van der Waals surface area contributed by atoms with E-state index >= 15 is 0 Å². The zero-order valence-electron chi connectivity index (χ0n) is 9.29. The van der Waals surface area contributed by atoms with Crippen LogP contribution in [-0.4, -0.2) is 23.7 Å². The van der Waals surface area contributed by atoms with E-state index in [2.05, 4.69) is 10.6 Å². The highest BCUT2D eigenvalue weighted by molar-refractivity contribution is 5.90. The minimum atomic E-state index is -0.993. The van der Waals surface area contributed by atoms with Crippen LogP contribution in [0.5, 0.6) is 0 Å². The Morgan fingerprint density at radius 2 is 2.12 bits per heavy atom. The molecule has 2 amide bonds. The molecule has 0 aromatic heterocycles. The molecule has 0 aliphatic carbocycles. The third-order valence-electron chi connectivity index (χ3n) is 2.07. The second-order valence-corrected chi connectivity index (χ2v) is 3.48. The van der Waals surface area contributed by atoms with E-state index in [1.54, 1.807) is 13.0 Å². The number of halogens is 1. The van der Waals surface area contributed by atoms with E-state index in [0.717, 1.165) is 5.56 Å². The normalized spacial score (nSPS) is 9.76. The lowest BCUT2D eigenvalue weighted by Gasteiger charge is -2.09. The van der Waals surface area contributed by atoms with Crippen molar-refractivity contribution in [1.82, 2.24) is 5.32 Å². The average Bonchev–Trinajstić information content (AvgIpc) is 2.23. The highest BCUT2D eigenvalue weighted by Gasteiger charge is 2.05. The lowest BCUT2D eigenvalue weighted by Crippen LogP contribution is -2.30. The maximum atomic E-state index is 12.9. The Kier molecular flexibility index (Phi) is 4.45. The van der Waals surface area contributed by atoms with Crippen molar-refractivity contribution in [3.05, 3.63) is 29.6 Å². The Hall–Kier alpha value is -2.11. The van der Waals surface area contributed by atoms with Crippen molar-refractivity contribution in [2.75, 3.05) is 11.9 Å². The number of carbonyl (C=O) groups is 2. The number of nitrogens with one attached hydrogen (secondary N) is 2. The monoisotopic (exact) mass is 240 g/mol. The summed E-state index contributed by atoms with van der Waals surface area (Å²) < 4.78 is 12.9. The van der Waals surface area contributed by atoms with Gasteiger partial charge in [-0.3, -0.25) is 4.79 Å². The van der Waals surface area contributed by atoms with Crippen molar-refractivity contribution in [3.8, 4) is 0 Å². The van der Waals surface area contributed by atoms with Gasteiger partial charge in [0.2, 0.25) is 0 Å². The molecular weight excluding hydrogens is 227 g/mol. The molecule has 17 heavy (non-hydrogen) atoms. The molecule has 0 fully saturated rings. The van der Waals surface area contributed by atoms with Gasteiger partial charge in [-0.05, 0) is 24.6 Å². The Morgan fingerprint density at radius 1 is 1.41 bits per heavy atom. The summed E-state index contributed by atoms with van der Waals surface area (Å²) in [6.45, 7) is 1.75. The maximum Gasteiger partial charge on any atom is 0.319 e. The van der Waals surface area contributed by atoms with Gasteiger partial charge < -0.3 is 15.7 Å². The van der Waals surface area contributed by atoms with Crippen LogP contribution >= 0.6 is 0 Å². The fourth-order valence-electron chi connectivity index (χ4n) is 1.18. The molecule has 1 aromatic carbocycles. The predicted molar refractivity (Wildman–Crippen MR) is 60.4 cm³/mol. The molecule has 0 bridgehead atoms. The van der Waals surface area contributed by atoms with Gasteiger partial charge in [-0.15, -0.1) is 0 Å². The molecule has 0 saturated carbocycles. The van der Waals surface area contributed by atoms with Crippen molar-refractivity contribution in [2.24, 2.45) is 0 Å². The fraction of sp³-hybridized carbons (Fsp3) is 0.273. The van der Waals surface area contributed by atoms with Crippen LogP contribution in [0.15, 0.2) is 18.2 Å². The van der Waals surface area contributed by atoms with Crippen LogP contribution in [0.25, 0.3) is 0 Å². The second-order valence-electron chi connectivity index (χ2n) is 3.48. The van der Waals surface area contributed by atoms with E-state index in [0.29, 0.717) is 5.69 Å².